The summed E-state index contributed by atoms with van der Waals surface area (Å²) in [6.45, 7) is 6.32. The van der Waals surface area contributed by atoms with Gasteiger partial charge in [-0.1, -0.05) is 52.4 Å². The van der Waals surface area contributed by atoms with Crippen LogP contribution < -0.4 is 0 Å². The molecule has 0 unspecified atom stereocenters. The Bertz CT molecular complexity index is 162. The average molecular weight is 256 g/mol. The van der Waals surface area contributed by atoms with Crippen LogP contribution in [0.2, 0.25) is 0 Å². The molecule has 0 bridgehead atoms. The van der Waals surface area contributed by atoms with Gasteiger partial charge >= 0.3 is 0 Å². The molecule has 0 heterocycles. The van der Waals surface area contributed by atoms with Crippen LogP contribution in [0.15, 0.2) is 0 Å². The summed E-state index contributed by atoms with van der Waals surface area (Å²) in [5.74, 6) is 0. The minimum Gasteiger partial charge on any atom is -0.376 e. The molecule has 0 aliphatic heterocycles. The second kappa shape index (κ2) is 10.8. The first-order valence-corrected chi connectivity index (χ1v) is 8.11. The third-order valence-corrected chi connectivity index (χ3v) is 3.80. The fraction of sp³-hybridized carbons (Fsp3) is 1.00. The molecular formula is C16H32O2. The van der Waals surface area contributed by atoms with E-state index in [2.05, 4.69) is 13.8 Å². The quantitative estimate of drug-likeness (QED) is 0.527. The fourth-order valence-electron chi connectivity index (χ4n) is 2.62. The van der Waals surface area contributed by atoms with E-state index < -0.39 is 0 Å². The molecule has 1 rings (SSSR count). The van der Waals surface area contributed by atoms with E-state index in [0.29, 0.717) is 12.2 Å². The lowest BCUT2D eigenvalue weighted by Gasteiger charge is -2.31. The van der Waals surface area contributed by atoms with Crippen LogP contribution in [-0.2, 0) is 9.47 Å². The number of ether oxygens (including phenoxy) is 2. The summed E-state index contributed by atoms with van der Waals surface area (Å²) in [5, 5.41) is 0. The van der Waals surface area contributed by atoms with Gasteiger partial charge in [-0.05, 0) is 25.7 Å². The molecule has 0 saturated heterocycles. The summed E-state index contributed by atoms with van der Waals surface area (Å²) in [7, 11) is 0. The molecule has 0 amide bonds. The molecule has 2 atom stereocenters. The van der Waals surface area contributed by atoms with Crippen molar-refractivity contribution in [1.29, 1.82) is 0 Å². The van der Waals surface area contributed by atoms with Gasteiger partial charge < -0.3 is 9.47 Å². The first-order chi connectivity index (χ1) is 8.88. The second-order valence-corrected chi connectivity index (χ2v) is 5.52. The van der Waals surface area contributed by atoms with Crippen molar-refractivity contribution in [2.75, 3.05) is 13.2 Å². The summed E-state index contributed by atoms with van der Waals surface area (Å²) in [6, 6.07) is 0. The summed E-state index contributed by atoms with van der Waals surface area (Å²) in [5.41, 5.74) is 0. The molecule has 0 radical (unpaired) electrons. The lowest BCUT2D eigenvalue weighted by Crippen LogP contribution is -2.35. The van der Waals surface area contributed by atoms with Crippen LogP contribution in [0.1, 0.15) is 78.1 Å². The second-order valence-electron chi connectivity index (χ2n) is 5.52. The van der Waals surface area contributed by atoms with Crippen molar-refractivity contribution in [3.05, 3.63) is 0 Å². The van der Waals surface area contributed by atoms with Gasteiger partial charge in [0.1, 0.15) is 0 Å². The molecule has 1 aliphatic rings. The van der Waals surface area contributed by atoms with Crippen LogP contribution in [0.4, 0.5) is 0 Å². The van der Waals surface area contributed by atoms with Crippen molar-refractivity contribution in [2.45, 2.75) is 90.3 Å². The molecule has 0 aromatic heterocycles. The van der Waals surface area contributed by atoms with E-state index >= 15 is 0 Å². The molecule has 0 aromatic carbocycles. The Kier molecular flexibility index (Phi) is 9.59. The van der Waals surface area contributed by atoms with Crippen molar-refractivity contribution in [3.8, 4) is 0 Å². The predicted molar refractivity (Wildman–Crippen MR) is 77.0 cm³/mol. The maximum atomic E-state index is 6.03. The Morgan fingerprint density at radius 2 is 1.17 bits per heavy atom. The summed E-state index contributed by atoms with van der Waals surface area (Å²) in [4.78, 5) is 0. The Balaban J connectivity index is 2.15. The van der Waals surface area contributed by atoms with E-state index in [1.54, 1.807) is 0 Å². The van der Waals surface area contributed by atoms with Gasteiger partial charge in [0.15, 0.2) is 0 Å². The summed E-state index contributed by atoms with van der Waals surface area (Å²) in [6.07, 6.45) is 13.3. The molecular weight excluding hydrogens is 224 g/mol. The highest BCUT2D eigenvalue weighted by Crippen LogP contribution is 2.24. The molecule has 0 aromatic rings. The van der Waals surface area contributed by atoms with Crippen LogP contribution in [0.5, 0.6) is 0 Å². The van der Waals surface area contributed by atoms with Crippen LogP contribution >= 0.6 is 0 Å². The zero-order chi connectivity index (χ0) is 13.1. The Hall–Kier alpha value is -0.0800. The molecule has 2 nitrogen and oxygen atoms in total. The zero-order valence-corrected chi connectivity index (χ0v) is 12.5. The monoisotopic (exact) mass is 256 g/mol. The van der Waals surface area contributed by atoms with Gasteiger partial charge in [0.2, 0.25) is 0 Å². The van der Waals surface area contributed by atoms with Gasteiger partial charge in [0, 0.05) is 13.2 Å². The first kappa shape index (κ1) is 16.0. The summed E-state index contributed by atoms with van der Waals surface area (Å²) >= 11 is 0. The highest BCUT2D eigenvalue weighted by atomic mass is 16.5. The lowest BCUT2D eigenvalue weighted by molar-refractivity contribution is -0.0933. The first-order valence-electron chi connectivity index (χ1n) is 8.11. The lowest BCUT2D eigenvalue weighted by atomic mass is 9.94. The number of unbranched alkanes of at least 4 members (excludes halogenated alkanes) is 4. The number of hydrogen-bond donors (Lipinski definition) is 0. The topological polar surface area (TPSA) is 18.5 Å². The standard InChI is InChI=1S/C16H32O2/c1-3-5-9-13-17-15-11-7-8-12-16(15)18-14-10-6-4-2/h15-16H,3-14H2,1-2H3/t15-,16-/m1/s1. The van der Waals surface area contributed by atoms with Gasteiger partial charge in [-0.25, -0.2) is 0 Å². The van der Waals surface area contributed by atoms with E-state index in [1.807, 2.05) is 0 Å². The number of hydrogen-bond acceptors (Lipinski definition) is 2. The maximum absolute atomic E-state index is 6.03. The fourth-order valence-corrected chi connectivity index (χ4v) is 2.62. The Morgan fingerprint density at radius 3 is 1.56 bits per heavy atom. The molecule has 0 spiro atoms. The third-order valence-electron chi connectivity index (χ3n) is 3.80. The molecule has 18 heavy (non-hydrogen) atoms. The van der Waals surface area contributed by atoms with Crippen molar-refractivity contribution >= 4 is 0 Å². The van der Waals surface area contributed by atoms with Crippen LogP contribution in [-0.4, -0.2) is 25.4 Å². The molecule has 2 heteroatoms. The van der Waals surface area contributed by atoms with E-state index in [0.717, 1.165) is 13.2 Å². The van der Waals surface area contributed by atoms with E-state index in [9.17, 15) is 0 Å². The zero-order valence-electron chi connectivity index (χ0n) is 12.5. The molecule has 1 fully saturated rings. The van der Waals surface area contributed by atoms with Gasteiger partial charge in [-0.15, -0.1) is 0 Å². The van der Waals surface area contributed by atoms with Gasteiger partial charge in [0.05, 0.1) is 12.2 Å². The Labute approximate surface area is 113 Å². The minimum atomic E-state index is 0.372. The van der Waals surface area contributed by atoms with Crippen molar-refractivity contribution in [3.63, 3.8) is 0 Å². The smallest absolute Gasteiger partial charge is 0.0836 e. The van der Waals surface area contributed by atoms with Crippen LogP contribution in [0.25, 0.3) is 0 Å². The van der Waals surface area contributed by atoms with Crippen LogP contribution in [0.3, 0.4) is 0 Å². The molecule has 1 aliphatic carbocycles. The normalized spacial score (nSPS) is 24.3. The molecule has 0 N–H and O–H groups in total. The van der Waals surface area contributed by atoms with Gasteiger partial charge in [-0.2, -0.15) is 0 Å². The molecule has 108 valence electrons. The van der Waals surface area contributed by atoms with E-state index in [1.165, 1.54) is 64.2 Å². The van der Waals surface area contributed by atoms with Gasteiger partial charge in [-0.3, -0.25) is 0 Å². The van der Waals surface area contributed by atoms with Crippen molar-refractivity contribution < 1.29 is 9.47 Å². The van der Waals surface area contributed by atoms with Crippen molar-refractivity contribution in [2.24, 2.45) is 0 Å². The largest absolute Gasteiger partial charge is 0.376 e. The highest BCUT2D eigenvalue weighted by Gasteiger charge is 2.26. The van der Waals surface area contributed by atoms with Crippen LogP contribution in [0, 0.1) is 0 Å². The van der Waals surface area contributed by atoms with E-state index in [4.69, 9.17) is 9.47 Å². The SMILES string of the molecule is CCCCCO[C@@H]1CCCC[C@H]1OCCCCC. The minimum absolute atomic E-state index is 0.372. The highest BCUT2D eigenvalue weighted by molar-refractivity contribution is 4.76. The number of rotatable bonds is 10. The summed E-state index contributed by atoms with van der Waals surface area (Å²) < 4.78 is 12.1. The molecule has 1 saturated carbocycles. The maximum Gasteiger partial charge on any atom is 0.0836 e. The van der Waals surface area contributed by atoms with Crippen molar-refractivity contribution in [1.82, 2.24) is 0 Å². The predicted octanol–water partition coefficient (Wildman–Crippen LogP) is 4.71. The average Bonchev–Trinajstić information content (AvgIpc) is 2.41. The Morgan fingerprint density at radius 1 is 0.722 bits per heavy atom. The van der Waals surface area contributed by atoms with Gasteiger partial charge in [0.25, 0.3) is 0 Å². The third kappa shape index (κ3) is 6.75. The van der Waals surface area contributed by atoms with E-state index in [-0.39, 0.29) is 0 Å².